The summed E-state index contributed by atoms with van der Waals surface area (Å²) in [4.78, 5) is 22.8. The quantitative estimate of drug-likeness (QED) is 0.391. The number of rotatable bonds is 9. The summed E-state index contributed by atoms with van der Waals surface area (Å²) in [6.07, 6.45) is 1.11. The monoisotopic (exact) mass is 522 g/mol. The molecule has 4 heterocycles. The van der Waals surface area contributed by atoms with Crippen molar-refractivity contribution >= 4 is 23.5 Å². The zero-order valence-electron chi connectivity index (χ0n) is 20.4. The van der Waals surface area contributed by atoms with Gasteiger partial charge in [0, 0.05) is 55.7 Å². The van der Waals surface area contributed by atoms with Gasteiger partial charge in [0.25, 0.3) is 0 Å². The maximum absolute atomic E-state index is 15.1. The van der Waals surface area contributed by atoms with Crippen LogP contribution in [-0.2, 0) is 16.0 Å². The van der Waals surface area contributed by atoms with Gasteiger partial charge >= 0.3 is 12.7 Å². The van der Waals surface area contributed by atoms with Crippen LogP contribution in [0.5, 0.6) is 0 Å². The van der Waals surface area contributed by atoms with Crippen molar-refractivity contribution in [3.63, 3.8) is 0 Å². The number of nitrogens with zero attached hydrogens (tertiary/aromatic N) is 5. The first-order chi connectivity index (χ1) is 17.7. The van der Waals surface area contributed by atoms with Gasteiger partial charge in [0.2, 0.25) is 5.95 Å². The van der Waals surface area contributed by atoms with Crippen molar-refractivity contribution in [3.05, 3.63) is 35.9 Å². The molecule has 2 fully saturated rings. The first-order valence-electron chi connectivity index (χ1n) is 12.2. The lowest BCUT2D eigenvalue weighted by atomic mass is 10.0. The number of carbonyl (C=O) groups is 1. The average Bonchev–Trinajstić information content (AvgIpc) is 3.51. The molecule has 1 aliphatic heterocycles. The highest BCUT2D eigenvalue weighted by Crippen LogP contribution is 2.38. The average molecular weight is 523 g/mol. The van der Waals surface area contributed by atoms with Crippen LogP contribution in [0.3, 0.4) is 0 Å². The van der Waals surface area contributed by atoms with Gasteiger partial charge in [-0.15, -0.1) is 0 Å². The second kappa shape index (κ2) is 10.5. The van der Waals surface area contributed by atoms with Gasteiger partial charge in [-0.2, -0.15) is 13.9 Å². The zero-order chi connectivity index (χ0) is 26.1. The molecule has 3 N–H and O–H groups in total. The summed E-state index contributed by atoms with van der Waals surface area (Å²) in [5, 5.41) is 12.9. The SMILES string of the molecule is CC(C)NC(=O)O[C@@H]1CC[C@H](c2cc(Nc3nccc4nc(CN5CC(OC(F)F)C5)cn34)n[nH]2)[C@@H]1F. The number of ether oxygens (including phenoxy) is 2. The van der Waals surface area contributed by atoms with Crippen LogP contribution in [0.1, 0.15) is 44.0 Å². The van der Waals surface area contributed by atoms with Gasteiger partial charge in [0.1, 0.15) is 17.9 Å². The van der Waals surface area contributed by atoms with Gasteiger partial charge in [0.15, 0.2) is 5.82 Å². The number of H-pyrrole nitrogens is 1. The molecule has 11 nitrogen and oxygen atoms in total. The largest absolute Gasteiger partial charge is 0.443 e. The molecule has 200 valence electrons. The number of aromatic nitrogens is 5. The highest BCUT2D eigenvalue weighted by molar-refractivity contribution is 5.67. The Labute approximate surface area is 210 Å². The number of carbonyl (C=O) groups excluding carboxylic acids is 1. The Balaban J connectivity index is 1.21. The third kappa shape index (κ3) is 5.80. The smallest absolute Gasteiger partial charge is 0.407 e. The first-order valence-corrected chi connectivity index (χ1v) is 12.2. The lowest BCUT2D eigenvalue weighted by molar-refractivity contribution is -0.197. The molecular weight excluding hydrogens is 493 g/mol. The van der Waals surface area contributed by atoms with E-state index < -0.39 is 37.0 Å². The maximum Gasteiger partial charge on any atom is 0.407 e. The fourth-order valence-corrected chi connectivity index (χ4v) is 4.73. The maximum atomic E-state index is 15.1. The Kier molecular flexibility index (Phi) is 7.20. The summed E-state index contributed by atoms with van der Waals surface area (Å²) in [6.45, 7) is 2.18. The number of fused-ring (bicyclic) bond motifs is 1. The topological polar surface area (TPSA) is 122 Å². The fourth-order valence-electron chi connectivity index (χ4n) is 4.73. The lowest BCUT2D eigenvalue weighted by Gasteiger charge is -2.37. The molecule has 1 aliphatic carbocycles. The number of aromatic amines is 1. The number of hydrogen-bond donors (Lipinski definition) is 3. The number of amides is 1. The van der Waals surface area contributed by atoms with E-state index in [2.05, 4.69) is 35.5 Å². The summed E-state index contributed by atoms with van der Waals surface area (Å²) >= 11 is 0. The lowest BCUT2D eigenvalue weighted by Crippen LogP contribution is -2.52. The second-order valence-electron chi connectivity index (χ2n) is 9.65. The fraction of sp³-hybridized carbons (Fsp3) is 0.565. The van der Waals surface area contributed by atoms with E-state index in [9.17, 15) is 13.6 Å². The van der Waals surface area contributed by atoms with Crippen LogP contribution in [0.2, 0.25) is 0 Å². The number of hydrogen-bond acceptors (Lipinski definition) is 8. The summed E-state index contributed by atoms with van der Waals surface area (Å²) in [5.41, 5.74) is 2.01. The molecule has 1 saturated heterocycles. The van der Waals surface area contributed by atoms with E-state index in [1.165, 1.54) is 0 Å². The molecule has 0 unspecified atom stereocenters. The molecule has 3 aromatic rings. The Morgan fingerprint density at radius 1 is 1.30 bits per heavy atom. The summed E-state index contributed by atoms with van der Waals surface area (Å²) in [6, 6.07) is 3.38. The van der Waals surface area contributed by atoms with E-state index in [-0.39, 0.29) is 6.04 Å². The van der Waals surface area contributed by atoms with Gasteiger partial charge < -0.3 is 20.1 Å². The molecule has 3 atom stereocenters. The first kappa shape index (κ1) is 25.3. The van der Waals surface area contributed by atoms with Crippen LogP contribution in [-0.4, -0.2) is 79.7 Å². The normalized spacial score (nSPS) is 22.6. The number of alkyl carbamates (subject to hydrolysis) is 1. The molecule has 1 amide bonds. The van der Waals surface area contributed by atoms with Crippen molar-refractivity contribution in [1.29, 1.82) is 0 Å². The van der Waals surface area contributed by atoms with Gasteiger partial charge in [-0.1, -0.05) is 0 Å². The molecule has 3 aromatic heterocycles. The van der Waals surface area contributed by atoms with Crippen LogP contribution < -0.4 is 10.6 Å². The molecule has 5 rings (SSSR count). The number of alkyl halides is 3. The third-order valence-corrected chi connectivity index (χ3v) is 6.44. The number of anilines is 2. The van der Waals surface area contributed by atoms with Crippen molar-refractivity contribution in [1.82, 2.24) is 34.8 Å². The van der Waals surface area contributed by atoms with Crippen molar-refractivity contribution in [2.24, 2.45) is 0 Å². The summed E-state index contributed by atoms with van der Waals surface area (Å²) in [7, 11) is 0. The minimum Gasteiger partial charge on any atom is -0.443 e. The van der Waals surface area contributed by atoms with Crippen LogP contribution in [0.25, 0.3) is 5.65 Å². The van der Waals surface area contributed by atoms with Crippen LogP contribution >= 0.6 is 0 Å². The third-order valence-electron chi connectivity index (χ3n) is 6.44. The van der Waals surface area contributed by atoms with Crippen molar-refractivity contribution in [3.8, 4) is 0 Å². The second-order valence-corrected chi connectivity index (χ2v) is 9.65. The van der Waals surface area contributed by atoms with E-state index in [4.69, 9.17) is 4.74 Å². The summed E-state index contributed by atoms with van der Waals surface area (Å²) < 4.78 is 51.2. The Morgan fingerprint density at radius 2 is 2.11 bits per heavy atom. The van der Waals surface area contributed by atoms with Crippen LogP contribution in [0.15, 0.2) is 24.5 Å². The number of likely N-dealkylation sites (tertiary alicyclic amines) is 1. The van der Waals surface area contributed by atoms with Gasteiger partial charge in [-0.25, -0.2) is 19.2 Å². The highest BCUT2D eigenvalue weighted by atomic mass is 19.3. The van der Waals surface area contributed by atoms with Crippen LogP contribution in [0.4, 0.5) is 29.7 Å². The highest BCUT2D eigenvalue weighted by Gasteiger charge is 2.41. The minimum absolute atomic E-state index is 0.0933. The van der Waals surface area contributed by atoms with E-state index >= 15 is 4.39 Å². The molecule has 1 saturated carbocycles. The van der Waals surface area contributed by atoms with Crippen LogP contribution in [0, 0.1) is 0 Å². The van der Waals surface area contributed by atoms with E-state index in [0.29, 0.717) is 55.6 Å². The van der Waals surface area contributed by atoms with Crippen molar-refractivity contribution in [2.75, 3.05) is 18.4 Å². The molecule has 0 bridgehead atoms. The zero-order valence-corrected chi connectivity index (χ0v) is 20.4. The molecule has 37 heavy (non-hydrogen) atoms. The van der Waals surface area contributed by atoms with E-state index in [0.717, 1.165) is 5.69 Å². The Hall–Kier alpha value is -3.39. The molecule has 14 heteroatoms. The summed E-state index contributed by atoms with van der Waals surface area (Å²) in [5.74, 6) is 0.443. The molecular formula is C23H29F3N8O3. The van der Waals surface area contributed by atoms with Crippen molar-refractivity contribution < 1.29 is 27.4 Å². The minimum atomic E-state index is -2.76. The Morgan fingerprint density at radius 3 is 2.86 bits per heavy atom. The molecule has 0 radical (unpaired) electrons. The number of imidazole rings is 1. The predicted octanol–water partition coefficient (Wildman–Crippen LogP) is 3.34. The van der Waals surface area contributed by atoms with E-state index in [1.54, 1.807) is 36.6 Å². The van der Waals surface area contributed by atoms with Crippen molar-refractivity contribution in [2.45, 2.75) is 70.2 Å². The molecule has 0 aromatic carbocycles. The Bertz CT molecular complexity index is 1230. The molecule has 0 spiro atoms. The van der Waals surface area contributed by atoms with Gasteiger partial charge in [-0.05, 0) is 32.8 Å². The van der Waals surface area contributed by atoms with Gasteiger partial charge in [0.05, 0.1) is 11.8 Å². The standard InChI is InChI=1S/C23H29F3N8O3/c1-12(2)28-23(35)37-17-4-3-15(20(17)24)16-7-18(32-31-16)30-22-27-6-5-19-29-13(9-34(19)22)8-33-10-14(11-33)36-21(25)26/h5-7,9,12,14-15,17,20-21H,3-4,8,10-11H2,1-2H3,(H,28,35)(H2,27,30,31,32)/t15-,17-,20+/m1/s1. The number of halogens is 3. The predicted molar refractivity (Wildman–Crippen MR) is 126 cm³/mol. The number of nitrogens with one attached hydrogen (secondary N) is 3. The molecule has 2 aliphatic rings. The van der Waals surface area contributed by atoms with E-state index in [1.807, 2.05) is 11.1 Å². The van der Waals surface area contributed by atoms with Gasteiger partial charge in [-0.3, -0.25) is 14.4 Å².